The molecule has 0 spiro atoms. The Morgan fingerprint density at radius 2 is 1.87 bits per heavy atom. The minimum absolute atomic E-state index is 0.0643. The maximum atomic E-state index is 12.4. The minimum Gasteiger partial charge on any atom is -0.361 e. The van der Waals surface area contributed by atoms with Crippen molar-refractivity contribution < 1.29 is 4.79 Å². The number of nitrogens with one attached hydrogen (secondary N) is 4. The first kappa shape index (κ1) is 21.4. The average molecular weight is 406 g/mol. The Labute approximate surface area is 178 Å². The highest BCUT2D eigenvalue weighted by Gasteiger charge is 2.15. The molecule has 30 heavy (non-hydrogen) atoms. The standard InChI is InChI=1S/C24H31N5O/c1-24(2,3)29-22(30)18-9-7-8-17(14-18)15-28-23(25-4)26-13-12-19-16-27-21-11-6-5-10-20(19)21/h5-11,14,16,27H,12-13,15H2,1-4H3,(H,29,30)(H2,25,26,28). The second kappa shape index (κ2) is 9.48. The van der Waals surface area contributed by atoms with E-state index in [1.165, 1.54) is 10.9 Å². The fourth-order valence-electron chi connectivity index (χ4n) is 3.30. The number of aliphatic imine (C=N–C) groups is 1. The number of carbonyl (C=O) groups is 1. The van der Waals surface area contributed by atoms with Crippen LogP contribution in [-0.4, -0.2) is 36.0 Å². The SMILES string of the molecule is CN=C(NCCc1c[nH]c2ccccc12)NCc1cccc(C(=O)NC(C)(C)C)c1. The number of guanidine groups is 1. The number of nitrogens with zero attached hydrogens (tertiary/aromatic N) is 1. The van der Waals surface area contributed by atoms with Crippen LogP contribution in [0.3, 0.4) is 0 Å². The van der Waals surface area contributed by atoms with Crippen molar-refractivity contribution in [3.63, 3.8) is 0 Å². The number of carbonyl (C=O) groups excluding carboxylic acids is 1. The summed E-state index contributed by atoms with van der Waals surface area (Å²) >= 11 is 0. The predicted octanol–water partition coefficient (Wildman–Crippen LogP) is 3.60. The van der Waals surface area contributed by atoms with Gasteiger partial charge in [0.2, 0.25) is 0 Å². The molecule has 1 amide bonds. The van der Waals surface area contributed by atoms with Crippen LogP contribution in [0.15, 0.2) is 59.7 Å². The molecule has 1 aromatic heterocycles. The number of para-hydroxylation sites is 1. The molecule has 1 heterocycles. The van der Waals surface area contributed by atoms with Crippen molar-refractivity contribution in [2.75, 3.05) is 13.6 Å². The number of fused-ring (bicyclic) bond motifs is 1. The highest BCUT2D eigenvalue weighted by molar-refractivity contribution is 5.94. The van der Waals surface area contributed by atoms with Gasteiger partial charge in [-0.25, -0.2) is 0 Å². The van der Waals surface area contributed by atoms with Crippen LogP contribution < -0.4 is 16.0 Å². The third-order valence-corrected chi connectivity index (χ3v) is 4.72. The van der Waals surface area contributed by atoms with Gasteiger partial charge in [0.25, 0.3) is 5.91 Å². The number of aromatic nitrogens is 1. The van der Waals surface area contributed by atoms with Crippen molar-refractivity contribution >= 4 is 22.8 Å². The highest BCUT2D eigenvalue weighted by Crippen LogP contribution is 2.17. The number of hydrogen-bond acceptors (Lipinski definition) is 2. The summed E-state index contributed by atoms with van der Waals surface area (Å²) < 4.78 is 0. The zero-order valence-corrected chi connectivity index (χ0v) is 18.2. The van der Waals surface area contributed by atoms with Crippen LogP contribution in [0.2, 0.25) is 0 Å². The molecular weight excluding hydrogens is 374 g/mol. The van der Waals surface area contributed by atoms with E-state index in [1.807, 2.05) is 51.1 Å². The van der Waals surface area contributed by atoms with Gasteiger partial charge in [0.05, 0.1) is 0 Å². The van der Waals surface area contributed by atoms with Gasteiger partial charge in [0.15, 0.2) is 5.96 Å². The van der Waals surface area contributed by atoms with Crippen LogP contribution in [0.5, 0.6) is 0 Å². The zero-order chi connectivity index (χ0) is 21.6. The summed E-state index contributed by atoms with van der Waals surface area (Å²) in [6.45, 7) is 7.28. The van der Waals surface area contributed by atoms with Crippen molar-refractivity contribution in [2.24, 2.45) is 4.99 Å². The lowest BCUT2D eigenvalue weighted by Gasteiger charge is -2.20. The second-order valence-electron chi connectivity index (χ2n) is 8.37. The van der Waals surface area contributed by atoms with Crippen molar-refractivity contribution in [3.05, 3.63) is 71.4 Å². The number of hydrogen-bond donors (Lipinski definition) is 4. The van der Waals surface area contributed by atoms with Gasteiger partial charge >= 0.3 is 0 Å². The van der Waals surface area contributed by atoms with Crippen LogP contribution in [-0.2, 0) is 13.0 Å². The zero-order valence-electron chi connectivity index (χ0n) is 18.2. The molecule has 3 aromatic rings. The fourth-order valence-corrected chi connectivity index (χ4v) is 3.30. The first-order chi connectivity index (χ1) is 14.4. The molecule has 0 saturated heterocycles. The van der Waals surface area contributed by atoms with E-state index in [-0.39, 0.29) is 11.4 Å². The summed E-state index contributed by atoms with van der Waals surface area (Å²) in [5, 5.41) is 10.9. The molecule has 0 bridgehead atoms. The summed E-state index contributed by atoms with van der Waals surface area (Å²) in [6, 6.07) is 16.0. The quantitative estimate of drug-likeness (QED) is 0.374. The van der Waals surface area contributed by atoms with Crippen LogP contribution >= 0.6 is 0 Å². The Hall–Kier alpha value is -3.28. The van der Waals surface area contributed by atoms with E-state index < -0.39 is 0 Å². The highest BCUT2D eigenvalue weighted by atomic mass is 16.1. The Bertz CT molecular complexity index is 1030. The summed E-state index contributed by atoms with van der Waals surface area (Å²) in [5.41, 5.74) is 3.86. The third kappa shape index (κ3) is 5.86. The molecule has 0 radical (unpaired) electrons. The van der Waals surface area contributed by atoms with Crippen LogP contribution in [0.25, 0.3) is 10.9 Å². The number of aromatic amines is 1. The predicted molar refractivity (Wildman–Crippen MR) is 124 cm³/mol. The Morgan fingerprint density at radius 3 is 2.63 bits per heavy atom. The molecule has 0 atom stereocenters. The van der Waals surface area contributed by atoms with Crippen LogP contribution in [0, 0.1) is 0 Å². The number of rotatable bonds is 6. The van der Waals surface area contributed by atoms with Crippen molar-refractivity contribution in [1.29, 1.82) is 0 Å². The minimum atomic E-state index is -0.262. The number of H-pyrrole nitrogens is 1. The molecule has 0 aliphatic heterocycles. The average Bonchev–Trinajstić information content (AvgIpc) is 3.12. The van der Waals surface area contributed by atoms with Crippen LogP contribution in [0.4, 0.5) is 0 Å². The molecular formula is C24H31N5O. The summed E-state index contributed by atoms with van der Waals surface area (Å²) in [7, 11) is 1.76. The molecule has 0 aliphatic carbocycles. The molecule has 6 nitrogen and oxygen atoms in total. The monoisotopic (exact) mass is 405 g/mol. The molecule has 0 unspecified atom stereocenters. The molecule has 0 fully saturated rings. The Kier molecular flexibility index (Phi) is 6.77. The van der Waals surface area contributed by atoms with Gasteiger partial charge in [-0.15, -0.1) is 0 Å². The fraction of sp³-hybridized carbons (Fsp3) is 0.333. The van der Waals surface area contributed by atoms with Gasteiger partial charge in [0.1, 0.15) is 0 Å². The normalized spacial score (nSPS) is 12.1. The van der Waals surface area contributed by atoms with Crippen molar-refractivity contribution in [2.45, 2.75) is 39.3 Å². The molecule has 6 heteroatoms. The number of benzene rings is 2. The topological polar surface area (TPSA) is 81.3 Å². The molecule has 0 aliphatic rings. The Morgan fingerprint density at radius 1 is 1.07 bits per heavy atom. The van der Waals surface area contributed by atoms with Gasteiger partial charge in [-0.3, -0.25) is 9.79 Å². The summed E-state index contributed by atoms with van der Waals surface area (Å²) in [4.78, 5) is 20.0. The molecule has 158 valence electrons. The van der Waals surface area contributed by atoms with E-state index in [2.05, 4.69) is 50.3 Å². The van der Waals surface area contributed by atoms with E-state index >= 15 is 0 Å². The third-order valence-electron chi connectivity index (χ3n) is 4.72. The van der Waals surface area contributed by atoms with Gasteiger partial charge in [0, 0.05) is 48.3 Å². The van der Waals surface area contributed by atoms with Gasteiger partial charge < -0.3 is 20.9 Å². The van der Waals surface area contributed by atoms with E-state index in [0.717, 1.165) is 30.0 Å². The van der Waals surface area contributed by atoms with Gasteiger partial charge in [-0.1, -0.05) is 30.3 Å². The lowest BCUT2D eigenvalue weighted by Crippen LogP contribution is -2.40. The summed E-state index contributed by atoms with van der Waals surface area (Å²) in [6.07, 6.45) is 2.96. The Balaban J connectivity index is 1.52. The van der Waals surface area contributed by atoms with E-state index in [4.69, 9.17) is 0 Å². The lowest BCUT2D eigenvalue weighted by molar-refractivity contribution is 0.0919. The largest absolute Gasteiger partial charge is 0.361 e. The maximum absolute atomic E-state index is 12.4. The molecule has 3 rings (SSSR count). The summed E-state index contributed by atoms with van der Waals surface area (Å²) in [5.74, 6) is 0.671. The lowest BCUT2D eigenvalue weighted by atomic mass is 10.1. The smallest absolute Gasteiger partial charge is 0.251 e. The number of amides is 1. The van der Waals surface area contributed by atoms with Gasteiger partial charge in [-0.2, -0.15) is 0 Å². The van der Waals surface area contributed by atoms with Crippen LogP contribution in [0.1, 0.15) is 42.3 Å². The molecule has 2 aromatic carbocycles. The van der Waals surface area contributed by atoms with E-state index in [0.29, 0.717) is 12.1 Å². The first-order valence-corrected chi connectivity index (χ1v) is 10.3. The first-order valence-electron chi connectivity index (χ1n) is 10.3. The van der Waals surface area contributed by atoms with Crippen molar-refractivity contribution in [1.82, 2.24) is 20.9 Å². The second-order valence-corrected chi connectivity index (χ2v) is 8.37. The molecule has 4 N–H and O–H groups in total. The maximum Gasteiger partial charge on any atom is 0.251 e. The van der Waals surface area contributed by atoms with Crippen molar-refractivity contribution in [3.8, 4) is 0 Å². The molecule has 0 saturated carbocycles. The van der Waals surface area contributed by atoms with Gasteiger partial charge in [-0.05, 0) is 56.5 Å². The van der Waals surface area contributed by atoms with E-state index in [9.17, 15) is 4.79 Å². The van der Waals surface area contributed by atoms with E-state index in [1.54, 1.807) is 7.05 Å².